The van der Waals surface area contributed by atoms with Crippen molar-refractivity contribution >= 4 is 46.7 Å². The van der Waals surface area contributed by atoms with Gasteiger partial charge in [-0.05, 0) is 74.9 Å². The van der Waals surface area contributed by atoms with Crippen LogP contribution in [0.4, 0.5) is 19.3 Å². The molecule has 1 heterocycles. The molecule has 0 fully saturated rings. The Labute approximate surface area is 258 Å². The molecule has 2 N–H and O–H groups in total. The SMILES string of the molecule is COc1cc(C(C)(C)c2[nH]c(SCc3c(F)cc(NC(=O)OC(C)(C)C)cc3Cl)nc2-c2ccc(F)cc2)ccc1Cl. The molecule has 0 saturated carbocycles. The van der Waals surface area contributed by atoms with Gasteiger partial charge in [-0.3, -0.25) is 5.32 Å². The lowest BCUT2D eigenvalue weighted by molar-refractivity contribution is 0.0636. The molecule has 0 unspecified atom stereocenters. The highest BCUT2D eigenvalue weighted by atomic mass is 35.5. The number of imidazole rings is 1. The number of methoxy groups -OCH3 is 1. The predicted molar refractivity (Wildman–Crippen MR) is 165 cm³/mol. The van der Waals surface area contributed by atoms with Crippen LogP contribution in [0.2, 0.25) is 10.0 Å². The first-order chi connectivity index (χ1) is 19.7. The summed E-state index contributed by atoms with van der Waals surface area (Å²) in [6.45, 7) is 9.25. The lowest BCUT2D eigenvalue weighted by Gasteiger charge is -2.26. The zero-order valence-electron chi connectivity index (χ0n) is 24.0. The third-order valence-corrected chi connectivity index (χ3v) is 7.99. The maximum absolute atomic E-state index is 15.1. The molecule has 6 nitrogen and oxygen atoms in total. The number of amides is 1. The number of rotatable bonds is 8. The number of H-pyrrole nitrogens is 1. The molecule has 0 bridgehead atoms. The van der Waals surface area contributed by atoms with Crippen molar-refractivity contribution in [2.45, 2.75) is 56.5 Å². The van der Waals surface area contributed by atoms with E-state index in [4.69, 9.17) is 37.7 Å². The summed E-state index contributed by atoms with van der Waals surface area (Å²) in [6, 6.07) is 14.3. The summed E-state index contributed by atoms with van der Waals surface area (Å²) < 4.78 is 39.5. The van der Waals surface area contributed by atoms with Gasteiger partial charge in [-0.25, -0.2) is 18.6 Å². The zero-order chi connectivity index (χ0) is 30.8. The molecule has 0 spiro atoms. The summed E-state index contributed by atoms with van der Waals surface area (Å²) in [4.78, 5) is 20.3. The fraction of sp³-hybridized carbons (Fsp3) is 0.290. The summed E-state index contributed by atoms with van der Waals surface area (Å²) >= 11 is 14.0. The Morgan fingerprint density at radius 2 is 1.69 bits per heavy atom. The molecule has 0 saturated heterocycles. The highest BCUT2D eigenvalue weighted by molar-refractivity contribution is 7.98. The number of nitrogens with zero attached hydrogens (tertiary/aromatic N) is 1. The molecule has 4 rings (SSSR count). The number of ether oxygens (including phenoxy) is 2. The van der Waals surface area contributed by atoms with Crippen LogP contribution in [0.3, 0.4) is 0 Å². The summed E-state index contributed by atoms with van der Waals surface area (Å²) in [7, 11) is 1.55. The number of hydrogen-bond donors (Lipinski definition) is 2. The minimum Gasteiger partial charge on any atom is -0.495 e. The van der Waals surface area contributed by atoms with E-state index in [0.717, 1.165) is 11.3 Å². The van der Waals surface area contributed by atoms with Crippen molar-refractivity contribution in [3.05, 3.63) is 93.1 Å². The van der Waals surface area contributed by atoms with Crippen molar-refractivity contribution in [3.8, 4) is 17.0 Å². The average molecular weight is 635 g/mol. The third kappa shape index (κ3) is 7.38. The third-order valence-electron chi connectivity index (χ3n) is 6.44. The average Bonchev–Trinajstić information content (AvgIpc) is 3.33. The van der Waals surface area contributed by atoms with Crippen LogP contribution in [0.5, 0.6) is 5.75 Å². The Morgan fingerprint density at radius 1 is 1.00 bits per heavy atom. The molecule has 1 amide bonds. The number of carbonyl (C=O) groups excluding carboxylic acids is 1. The Bertz CT molecular complexity index is 1580. The van der Waals surface area contributed by atoms with E-state index >= 15 is 4.39 Å². The standard InChI is InChI=1S/C31H31Cl2F2N3O3S/c1-30(2,3)41-29(39)36-20-14-23(33)21(24(35)15-20)16-42-28-37-26(17-7-10-19(34)11-8-17)27(38-28)31(4,5)18-9-12-22(32)25(13-18)40-6/h7-15H,16H2,1-6H3,(H,36,39)(H,37,38). The number of anilines is 1. The van der Waals surface area contributed by atoms with Gasteiger partial charge in [-0.15, -0.1) is 0 Å². The molecule has 11 heteroatoms. The number of aromatic amines is 1. The van der Waals surface area contributed by atoms with Crippen LogP contribution in [-0.4, -0.2) is 28.8 Å². The molecule has 42 heavy (non-hydrogen) atoms. The van der Waals surface area contributed by atoms with Crippen molar-refractivity contribution in [1.29, 1.82) is 0 Å². The first-order valence-corrected chi connectivity index (χ1v) is 14.7. The van der Waals surface area contributed by atoms with E-state index in [9.17, 15) is 9.18 Å². The van der Waals surface area contributed by atoms with Crippen molar-refractivity contribution in [2.75, 3.05) is 12.4 Å². The molecule has 0 atom stereocenters. The van der Waals surface area contributed by atoms with Gasteiger partial charge in [0.2, 0.25) is 0 Å². The van der Waals surface area contributed by atoms with Gasteiger partial charge in [-0.2, -0.15) is 0 Å². The Balaban J connectivity index is 1.64. The number of benzene rings is 3. The first-order valence-electron chi connectivity index (χ1n) is 13.0. The van der Waals surface area contributed by atoms with E-state index in [2.05, 4.69) is 10.3 Å². The highest BCUT2D eigenvalue weighted by Crippen LogP contribution is 2.41. The molecular formula is C31H31Cl2F2N3O3S. The normalized spacial score (nSPS) is 11.9. The topological polar surface area (TPSA) is 76.2 Å². The van der Waals surface area contributed by atoms with Crippen molar-refractivity contribution < 1.29 is 23.0 Å². The van der Waals surface area contributed by atoms with Gasteiger partial charge < -0.3 is 14.5 Å². The van der Waals surface area contributed by atoms with Gasteiger partial charge in [0.15, 0.2) is 5.16 Å². The number of aromatic nitrogens is 2. The fourth-order valence-corrected chi connectivity index (χ4v) is 5.71. The minimum atomic E-state index is -0.711. The van der Waals surface area contributed by atoms with Crippen LogP contribution in [-0.2, 0) is 15.9 Å². The van der Waals surface area contributed by atoms with Crippen molar-refractivity contribution in [3.63, 3.8) is 0 Å². The monoisotopic (exact) mass is 633 g/mol. The Morgan fingerprint density at radius 3 is 2.31 bits per heavy atom. The van der Waals surface area contributed by atoms with Crippen LogP contribution in [0.25, 0.3) is 11.3 Å². The summed E-state index contributed by atoms with van der Waals surface area (Å²) in [5, 5.41) is 3.66. The molecule has 4 aromatic rings. The second kappa shape index (κ2) is 12.5. The molecular weight excluding hydrogens is 603 g/mol. The van der Waals surface area contributed by atoms with E-state index in [1.165, 1.54) is 36.0 Å². The molecule has 3 aromatic carbocycles. The van der Waals surface area contributed by atoms with E-state index in [1.54, 1.807) is 46.1 Å². The van der Waals surface area contributed by atoms with E-state index < -0.39 is 22.9 Å². The van der Waals surface area contributed by atoms with Gasteiger partial charge in [0, 0.05) is 33.0 Å². The molecule has 0 aliphatic rings. The second-order valence-corrected chi connectivity index (χ2v) is 12.9. The maximum atomic E-state index is 15.1. The summed E-state index contributed by atoms with van der Waals surface area (Å²) in [6.07, 6.45) is -0.711. The molecule has 0 aliphatic heterocycles. The quantitative estimate of drug-likeness (QED) is 0.189. The lowest BCUT2D eigenvalue weighted by Crippen LogP contribution is -2.27. The van der Waals surface area contributed by atoms with Crippen LogP contribution >= 0.6 is 35.0 Å². The number of hydrogen-bond acceptors (Lipinski definition) is 5. The first kappa shape index (κ1) is 31.7. The van der Waals surface area contributed by atoms with E-state index in [1.807, 2.05) is 26.0 Å². The van der Waals surface area contributed by atoms with Gasteiger partial charge in [-0.1, -0.05) is 54.9 Å². The van der Waals surface area contributed by atoms with Gasteiger partial charge >= 0.3 is 6.09 Å². The van der Waals surface area contributed by atoms with Crippen LogP contribution in [0.15, 0.2) is 59.8 Å². The van der Waals surface area contributed by atoms with Crippen LogP contribution < -0.4 is 10.1 Å². The minimum absolute atomic E-state index is 0.146. The molecule has 0 radical (unpaired) electrons. The smallest absolute Gasteiger partial charge is 0.412 e. The summed E-state index contributed by atoms with van der Waals surface area (Å²) in [5.41, 5.74) is 2.14. The summed E-state index contributed by atoms with van der Waals surface area (Å²) in [5.74, 6) is -0.251. The van der Waals surface area contributed by atoms with E-state index in [-0.39, 0.29) is 27.8 Å². The molecule has 0 aliphatic carbocycles. The number of carbonyl (C=O) groups is 1. The van der Waals surface area contributed by atoms with Gasteiger partial charge in [0.1, 0.15) is 23.0 Å². The lowest BCUT2D eigenvalue weighted by atomic mass is 9.79. The Kier molecular flexibility index (Phi) is 9.45. The number of thioether (sulfide) groups is 1. The molecule has 1 aromatic heterocycles. The predicted octanol–water partition coefficient (Wildman–Crippen LogP) is 9.64. The van der Waals surface area contributed by atoms with Gasteiger partial charge in [0.25, 0.3) is 0 Å². The fourth-order valence-electron chi connectivity index (χ4n) is 4.26. The van der Waals surface area contributed by atoms with E-state index in [0.29, 0.717) is 27.2 Å². The van der Waals surface area contributed by atoms with Crippen LogP contribution in [0.1, 0.15) is 51.4 Å². The van der Waals surface area contributed by atoms with Crippen molar-refractivity contribution in [2.24, 2.45) is 0 Å². The van der Waals surface area contributed by atoms with Gasteiger partial charge in [0.05, 0.1) is 23.5 Å². The number of halogens is 4. The van der Waals surface area contributed by atoms with Crippen molar-refractivity contribution in [1.82, 2.24) is 9.97 Å². The second-order valence-electron chi connectivity index (χ2n) is 11.1. The molecule has 222 valence electrons. The van der Waals surface area contributed by atoms with Crippen LogP contribution in [0, 0.1) is 11.6 Å². The zero-order valence-corrected chi connectivity index (χ0v) is 26.3. The highest BCUT2D eigenvalue weighted by Gasteiger charge is 2.31. The largest absolute Gasteiger partial charge is 0.495 e. The number of nitrogens with one attached hydrogen (secondary N) is 2. The Hall–Kier alpha value is -3.27. The maximum Gasteiger partial charge on any atom is 0.412 e.